The fraction of sp³-hybridized carbons (Fsp3) is 0.818. The van der Waals surface area contributed by atoms with Gasteiger partial charge in [0.1, 0.15) is 6.10 Å². The van der Waals surface area contributed by atoms with Gasteiger partial charge in [-0.25, -0.2) is 0 Å². The minimum atomic E-state index is 0.260. The van der Waals surface area contributed by atoms with E-state index in [0.717, 1.165) is 6.42 Å². The number of ether oxygens (including phenoxy) is 1. The third-order valence-electron chi connectivity index (χ3n) is 2.11. The predicted octanol–water partition coefficient (Wildman–Crippen LogP) is 2.75. The second-order valence-electron chi connectivity index (χ2n) is 3.39. The molecule has 0 aromatic carbocycles. The predicted molar refractivity (Wildman–Crippen MR) is 50.9 cm³/mol. The molecule has 68 valence electrons. The van der Waals surface area contributed by atoms with Crippen molar-refractivity contribution in [2.24, 2.45) is 0 Å². The Balaban J connectivity index is 1.90. The highest BCUT2D eigenvalue weighted by molar-refractivity contribution is 5.12. The first-order chi connectivity index (χ1) is 5.84. The molecule has 1 nitrogen and oxygen atoms in total. The van der Waals surface area contributed by atoms with Crippen LogP contribution in [-0.4, -0.2) is 12.2 Å². The van der Waals surface area contributed by atoms with E-state index in [1.54, 1.807) is 0 Å². The Morgan fingerprint density at radius 1 is 1.25 bits per heavy atom. The van der Waals surface area contributed by atoms with Gasteiger partial charge in [-0.1, -0.05) is 32.1 Å². The van der Waals surface area contributed by atoms with E-state index in [9.17, 15) is 0 Å². The molecule has 1 heteroatoms. The molecule has 0 aromatic rings. The number of epoxide rings is 1. The SMILES string of the molecule is CCCCCCC#CC1OC1C. The topological polar surface area (TPSA) is 12.5 Å². The summed E-state index contributed by atoms with van der Waals surface area (Å²) in [6.45, 7) is 4.29. The molecule has 1 fully saturated rings. The molecule has 2 atom stereocenters. The van der Waals surface area contributed by atoms with Crippen molar-refractivity contribution in [2.45, 2.75) is 58.2 Å². The van der Waals surface area contributed by atoms with E-state index >= 15 is 0 Å². The number of unbranched alkanes of at least 4 members (excludes halogenated alkanes) is 4. The Morgan fingerprint density at radius 3 is 2.58 bits per heavy atom. The highest BCUT2D eigenvalue weighted by Gasteiger charge is 2.31. The normalized spacial score (nSPS) is 26.2. The van der Waals surface area contributed by atoms with Crippen molar-refractivity contribution >= 4 is 0 Å². The molecule has 0 N–H and O–H groups in total. The zero-order valence-corrected chi connectivity index (χ0v) is 8.10. The highest BCUT2D eigenvalue weighted by atomic mass is 16.6. The summed E-state index contributed by atoms with van der Waals surface area (Å²) in [6, 6.07) is 0. The van der Waals surface area contributed by atoms with Crippen molar-refractivity contribution in [2.75, 3.05) is 0 Å². The van der Waals surface area contributed by atoms with Gasteiger partial charge in [0.2, 0.25) is 0 Å². The van der Waals surface area contributed by atoms with Gasteiger partial charge in [0.05, 0.1) is 6.10 Å². The van der Waals surface area contributed by atoms with Crippen LogP contribution in [0.4, 0.5) is 0 Å². The molecule has 0 bridgehead atoms. The van der Waals surface area contributed by atoms with E-state index in [4.69, 9.17) is 4.74 Å². The zero-order valence-electron chi connectivity index (χ0n) is 8.10. The highest BCUT2D eigenvalue weighted by Crippen LogP contribution is 2.19. The van der Waals surface area contributed by atoms with Gasteiger partial charge in [0.15, 0.2) is 0 Å². The Morgan fingerprint density at radius 2 is 2.00 bits per heavy atom. The van der Waals surface area contributed by atoms with Crippen LogP contribution in [-0.2, 0) is 4.74 Å². The zero-order chi connectivity index (χ0) is 8.81. The van der Waals surface area contributed by atoms with Crippen molar-refractivity contribution in [1.82, 2.24) is 0 Å². The number of rotatable bonds is 4. The summed E-state index contributed by atoms with van der Waals surface area (Å²) >= 11 is 0. The maximum atomic E-state index is 5.17. The molecule has 2 unspecified atom stereocenters. The van der Waals surface area contributed by atoms with Crippen LogP contribution in [0.1, 0.15) is 46.0 Å². The van der Waals surface area contributed by atoms with E-state index in [2.05, 4.69) is 25.7 Å². The quantitative estimate of drug-likeness (QED) is 0.355. The second-order valence-corrected chi connectivity index (χ2v) is 3.39. The Labute approximate surface area is 75.5 Å². The van der Waals surface area contributed by atoms with E-state index in [1.807, 2.05) is 0 Å². The van der Waals surface area contributed by atoms with Crippen molar-refractivity contribution in [3.8, 4) is 11.8 Å². The van der Waals surface area contributed by atoms with Gasteiger partial charge in [-0.2, -0.15) is 0 Å². The Kier molecular flexibility index (Phi) is 4.18. The lowest BCUT2D eigenvalue weighted by Crippen LogP contribution is -1.82. The Hall–Kier alpha value is -0.480. The molecule has 1 aliphatic rings. The smallest absolute Gasteiger partial charge is 0.144 e. The molecule has 0 aromatic heterocycles. The van der Waals surface area contributed by atoms with Crippen LogP contribution < -0.4 is 0 Å². The Bertz CT molecular complexity index is 175. The molecule has 0 aliphatic carbocycles. The standard InChI is InChI=1S/C11H18O/c1-3-4-5-6-7-8-9-11-10(2)12-11/h10-11H,3-7H2,1-2H3. The van der Waals surface area contributed by atoms with Crippen molar-refractivity contribution in [3.63, 3.8) is 0 Å². The fourth-order valence-corrected chi connectivity index (χ4v) is 1.15. The van der Waals surface area contributed by atoms with Gasteiger partial charge >= 0.3 is 0 Å². The summed E-state index contributed by atoms with van der Waals surface area (Å²) < 4.78 is 5.17. The fourth-order valence-electron chi connectivity index (χ4n) is 1.15. The minimum absolute atomic E-state index is 0.260. The average molecular weight is 166 g/mol. The van der Waals surface area contributed by atoms with Crippen LogP contribution in [0.15, 0.2) is 0 Å². The van der Waals surface area contributed by atoms with Crippen LogP contribution in [0.5, 0.6) is 0 Å². The molecule has 1 aliphatic heterocycles. The van der Waals surface area contributed by atoms with Gasteiger partial charge in [0, 0.05) is 6.42 Å². The average Bonchev–Trinajstić information content (AvgIpc) is 2.74. The molecule has 1 saturated heterocycles. The molecule has 0 amide bonds. The number of hydrogen-bond acceptors (Lipinski definition) is 1. The first-order valence-electron chi connectivity index (χ1n) is 4.98. The lowest BCUT2D eigenvalue weighted by atomic mass is 10.1. The molecule has 0 saturated carbocycles. The van der Waals surface area contributed by atoms with Crippen molar-refractivity contribution in [1.29, 1.82) is 0 Å². The van der Waals surface area contributed by atoms with E-state index in [1.165, 1.54) is 25.7 Å². The van der Waals surface area contributed by atoms with Crippen LogP contribution in [0.2, 0.25) is 0 Å². The first kappa shape index (κ1) is 9.61. The summed E-state index contributed by atoms with van der Waals surface area (Å²) in [4.78, 5) is 0. The van der Waals surface area contributed by atoms with Gasteiger partial charge in [-0.3, -0.25) is 0 Å². The van der Waals surface area contributed by atoms with E-state index < -0.39 is 0 Å². The van der Waals surface area contributed by atoms with E-state index in [0.29, 0.717) is 6.10 Å². The van der Waals surface area contributed by atoms with Crippen LogP contribution in [0, 0.1) is 11.8 Å². The van der Waals surface area contributed by atoms with Gasteiger partial charge in [-0.05, 0) is 13.3 Å². The monoisotopic (exact) mass is 166 g/mol. The van der Waals surface area contributed by atoms with Crippen molar-refractivity contribution < 1.29 is 4.74 Å². The van der Waals surface area contributed by atoms with Crippen molar-refractivity contribution in [3.05, 3.63) is 0 Å². The number of hydrogen-bond donors (Lipinski definition) is 0. The van der Waals surface area contributed by atoms with Crippen LogP contribution in [0.25, 0.3) is 0 Å². The molecule has 1 heterocycles. The second kappa shape index (κ2) is 5.22. The molecule has 0 spiro atoms. The molecule has 12 heavy (non-hydrogen) atoms. The lowest BCUT2D eigenvalue weighted by molar-refractivity contribution is 0.403. The maximum absolute atomic E-state index is 5.17. The maximum Gasteiger partial charge on any atom is 0.144 e. The molecule has 1 rings (SSSR count). The van der Waals surface area contributed by atoms with Crippen LogP contribution in [0.3, 0.4) is 0 Å². The van der Waals surface area contributed by atoms with Gasteiger partial charge < -0.3 is 4.74 Å². The third kappa shape index (κ3) is 3.78. The van der Waals surface area contributed by atoms with E-state index in [-0.39, 0.29) is 6.10 Å². The summed E-state index contributed by atoms with van der Waals surface area (Å²) in [6.07, 6.45) is 6.93. The van der Waals surface area contributed by atoms with Gasteiger partial charge in [0.25, 0.3) is 0 Å². The molecular formula is C11H18O. The first-order valence-corrected chi connectivity index (χ1v) is 4.98. The largest absolute Gasteiger partial charge is 0.356 e. The summed E-state index contributed by atoms with van der Waals surface area (Å²) in [5, 5.41) is 0. The van der Waals surface area contributed by atoms with Crippen LogP contribution >= 0.6 is 0 Å². The summed E-state index contributed by atoms with van der Waals surface area (Å²) in [5.74, 6) is 6.27. The molecule has 0 radical (unpaired) electrons. The van der Waals surface area contributed by atoms with Gasteiger partial charge in [-0.15, -0.1) is 5.92 Å². The molecular weight excluding hydrogens is 148 g/mol. The summed E-state index contributed by atoms with van der Waals surface area (Å²) in [5.41, 5.74) is 0. The lowest BCUT2D eigenvalue weighted by Gasteiger charge is -1.91. The summed E-state index contributed by atoms with van der Waals surface area (Å²) in [7, 11) is 0. The third-order valence-corrected chi connectivity index (χ3v) is 2.11. The minimum Gasteiger partial charge on any atom is -0.356 e.